The highest BCUT2D eigenvalue weighted by atomic mass is 32.3. The van der Waals surface area contributed by atoms with E-state index in [1.807, 2.05) is 23.3 Å². The van der Waals surface area contributed by atoms with E-state index in [-0.39, 0.29) is 0 Å². The summed E-state index contributed by atoms with van der Waals surface area (Å²) in [6, 6.07) is 0. The van der Waals surface area contributed by atoms with Crippen LogP contribution in [0.15, 0.2) is 18.7 Å². The molecule has 0 saturated carbocycles. The zero-order valence-electron chi connectivity index (χ0n) is 14.4. The molecule has 1 rings (SSSR count). The number of nitrogens with zero attached hydrogens (tertiary/aromatic N) is 3. The molecule has 0 N–H and O–H groups in total. The van der Waals surface area contributed by atoms with E-state index in [1.165, 1.54) is 0 Å². The molecule has 1 aromatic rings. The molecule has 1 aromatic heterocycles. The van der Waals surface area contributed by atoms with Crippen molar-refractivity contribution in [2.75, 3.05) is 20.3 Å². The van der Waals surface area contributed by atoms with E-state index in [0.29, 0.717) is 19.9 Å². The van der Waals surface area contributed by atoms with Crippen LogP contribution in [-0.4, -0.2) is 52.7 Å². The molecule has 9 nitrogen and oxygen atoms in total. The average Bonchev–Trinajstić information content (AvgIpc) is 2.97. The first-order valence-corrected chi connectivity index (χ1v) is 9.93. The van der Waals surface area contributed by atoms with Gasteiger partial charge in [-0.25, -0.2) is 26.0 Å². The number of alkyl halides is 6. The number of hydrogen-bond donors (Lipinski definition) is 0. The largest absolute Gasteiger partial charge is 0.480 e. The van der Waals surface area contributed by atoms with Crippen LogP contribution in [0.25, 0.3) is 4.13 Å². The molecule has 0 aliphatic heterocycles. The number of hydrogen-bond acceptors (Lipinski definition) is 6. The van der Waals surface area contributed by atoms with Gasteiger partial charge >= 0.3 is 11.0 Å². The highest BCUT2D eigenvalue weighted by molar-refractivity contribution is 8.13. The van der Waals surface area contributed by atoms with Crippen molar-refractivity contribution in [1.29, 1.82) is 0 Å². The first kappa shape index (κ1) is 26.6. The van der Waals surface area contributed by atoms with Gasteiger partial charge in [-0.05, 0) is 6.92 Å². The van der Waals surface area contributed by atoms with E-state index in [1.54, 1.807) is 7.11 Å². The van der Waals surface area contributed by atoms with Gasteiger partial charge in [-0.3, -0.25) is 0 Å². The lowest BCUT2D eigenvalue weighted by molar-refractivity contribution is -0.732. The highest BCUT2D eigenvalue weighted by Gasteiger charge is 2.46. The summed E-state index contributed by atoms with van der Waals surface area (Å²) < 4.78 is 123. The molecule has 17 heteroatoms. The van der Waals surface area contributed by atoms with Crippen molar-refractivity contribution in [3.8, 4) is 0 Å². The van der Waals surface area contributed by atoms with Gasteiger partial charge < -0.3 is 13.6 Å². The zero-order chi connectivity index (χ0) is 22.2. The van der Waals surface area contributed by atoms with E-state index in [0.717, 1.165) is 10.7 Å². The number of halogens is 6. The van der Waals surface area contributed by atoms with E-state index in [2.05, 4.69) is 11.5 Å². The Labute approximate surface area is 156 Å². The minimum atomic E-state index is -6.72. The summed E-state index contributed by atoms with van der Waals surface area (Å²) in [4.78, 5) is 0. The Morgan fingerprint density at radius 1 is 1.00 bits per heavy atom. The van der Waals surface area contributed by atoms with Crippen molar-refractivity contribution in [2.24, 2.45) is 0 Å². The Balaban J connectivity index is 0.000000525. The molecule has 0 radical (unpaired) electrons. The second kappa shape index (κ2) is 10.4. The van der Waals surface area contributed by atoms with Crippen molar-refractivity contribution in [3.63, 3.8) is 0 Å². The Hall–Kier alpha value is -1.43. The van der Waals surface area contributed by atoms with Gasteiger partial charge in [-0.1, -0.05) is 0 Å². The second-order valence-electron chi connectivity index (χ2n) is 4.70. The van der Waals surface area contributed by atoms with Crippen molar-refractivity contribution in [1.82, 2.24) is 4.57 Å². The first-order chi connectivity index (χ1) is 12.6. The third kappa shape index (κ3) is 8.72. The highest BCUT2D eigenvalue weighted by Crippen LogP contribution is 2.36. The smallest absolute Gasteiger partial charge is 0.421 e. The molecular weight excluding hydrogens is 448 g/mol. The summed E-state index contributed by atoms with van der Waals surface area (Å²) in [5.41, 5.74) is -12.4. The Bertz CT molecular complexity index is 762. The second-order valence-corrected chi connectivity index (χ2v) is 8.13. The van der Waals surface area contributed by atoms with Crippen LogP contribution < -0.4 is 4.57 Å². The predicted octanol–water partition coefficient (Wildman–Crippen LogP) is 1.48. The normalized spacial score (nSPS) is 13.1. The van der Waals surface area contributed by atoms with Crippen molar-refractivity contribution < 1.29 is 57.2 Å². The van der Waals surface area contributed by atoms with Crippen molar-refractivity contribution in [2.45, 2.75) is 31.2 Å². The van der Waals surface area contributed by atoms with Gasteiger partial charge in [0.1, 0.15) is 12.4 Å². The van der Waals surface area contributed by atoms with Crippen LogP contribution >= 0.6 is 0 Å². The molecular formula is C11H17F6N3O6S2. The fourth-order valence-corrected chi connectivity index (χ4v) is 2.94. The van der Waals surface area contributed by atoms with Crippen LogP contribution in [0.1, 0.15) is 6.92 Å². The van der Waals surface area contributed by atoms with E-state index < -0.39 is 31.1 Å². The van der Waals surface area contributed by atoms with Gasteiger partial charge in [0.05, 0.1) is 19.8 Å². The molecule has 0 fully saturated rings. The third-order valence-electron chi connectivity index (χ3n) is 2.56. The number of aromatic nitrogens is 2. The quantitative estimate of drug-likeness (QED) is 0.327. The van der Waals surface area contributed by atoms with Gasteiger partial charge in [-0.15, -0.1) is 0 Å². The van der Waals surface area contributed by atoms with E-state index in [9.17, 15) is 43.2 Å². The molecule has 0 aliphatic carbocycles. The summed E-state index contributed by atoms with van der Waals surface area (Å²) in [5, 5.41) is 0. The zero-order valence-corrected chi connectivity index (χ0v) is 16.1. The topological polar surface area (TPSA) is 110 Å². The summed E-state index contributed by atoms with van der Waals surface area (Å²) in [7, 11) is -11.8. The molecule has 166 valence electrons. The van der Waals surface area contributed by atoms with Crippen molar-refractivity contribution >= 4 is 20.0 Å². The van der Waals surface area contributed by atoms with E-state index in [4.69, 9.17) is 9.47 Å². The molecule has 0 saturated heterocycles. The minimum Gasteiger partial charge on any atom is -0.421 e. The minimum absolute atomic E-state index is 0.594. The average molecular weight is 465 g/mol. The lowest BCUT2D eigenvalue weighted by Gasteiger charge is -2.22. The van der Waals surface area contributed by atoms with Crippen LogP contribution in [0.4, 0.5) is 26.3 Å². The van der Waals surface area contributed by atoms with Crippen LogP contribution in [0.3, 0.4) is 0 Å². The first-order valence-electron chi connectivity index (χ1n) is 7.05. The monoisotopic (exact) mass is 465 g/mol. The van der Waals surface area contributed by atoms with Gasteiger partial charge in [0, 0.05) is 7.11 Å². The summed E-state index contributed by atoms with van der Waals surface area (Å²) in [6.07, 6.45) is 6.04. The van der Waals surface area contributed by atoms with Crippen LogP contribution in [-0.2, 0) is 42.8 Å². The molecule has 28 heavy (non-hydrogen) atoms. The molecule has 0 atom stereocenters. The standard InChI is InChI=1S/C9H17N2O2.C2F6NO4S2/c1-3-10-4-5-11(8-10)9-13-7-6-12-2;3-1(4,5)14(10,11)9-15(12,13)2(6,7)8/h4-5,8H,3,6-7,9H2,1-2H3;/q+1;-1. The molecule has 0 bridgehead atoms. The number of aryl methyl sites for hydroxylation is 1. The maximum atomic E-state index is 11.4. The number of methoxy groups -OCH3 is 1. The number of rotatable bonds is 8. The lowest BCUT2D eigenvalue weighted by Crippen LogP contribution is -2.33. The molecule has 0 aromatic carbocycles. The van der Waals surface area contributed by atoms with Crippen LogP contribution in [0, 0.1) is 0 Å². The fraction of sp³-hybridized carbons (Fsp3) is 0.727. The number of sulfonamides is 2. The van der Waals surface area contributed by atoms with Crippen LogP contribution in [0.5, 0.6) is 0 Å². The summed E-state index contributed by atoms with van der Waals surface area (Å²) in [5.74, 6) is 0. The van der Waals surface area contributed by atoms with E-state index >= 15 is 0 Å². The Morgan fingerprint density at radius 2 is 1.50 bits per heavy atom. The van der Waals surface area contributed by atoms with Gasteiger partial charge in [0.25, 0.3) is 0 Å². The molecule has 0 unspecified atom stereocenters. The third-order valence-corrected chi connectivity index (χ3v) is 5.30. The maximum Gasteiger partial charge on any atom is 0.480 e. The van der Waals surface area contributed by atoms with Gasteiger partial charge in [-0.2, -0.15) is 26.3 Å². The maximum absolute atomic E-state index is 11.4. The molecule has 0 amide bonds. The SMILES string of the molecule is CCn1cc[n+](COCCOC)c1.O=S(=O)([N-]S(=O)(=O)C(F)(F)F)C(F)(F)F. The molecule has 1 heterocycles. The lowest BCUT2D eigenvalue weighted by atomic mass is 10.7. The summed E-state index contributed by atoms with van der Waals surface area (Å²) >= 11 is 0. The summed E-state index contributed by atoms with van der Waals surface area (Å²) in [6.45, 7) is 4.98. The van der Waals surface area contributed by atoms with Crippen molar-refractivity contribution in [3.05, 3.63) is 22.8 Å². The van der Waals surface area contributed by atoms with Gasteiger partial charge in [0.2, 0.25) is 6.33 Å². The number of imidazole rings is 1. The Kier molecular flexibility index (Phi) is 9.85. The number of ether oxygens (including phenoxy) is 2. The molecule has 0 aliphatic rings. The molecule has 0 spiro atoms. The predicted molar refractivity (Wildman–Crippen MR) is 81.4 cm³/mol. The van der Waals surface area contributed by atoms with Gasteiger partial charge in [0.15, 0.2) is 26.8 Å². The Morgan fingerprint density at radius 3 is 1.86 bits per heavy atom. The van der Waals surface area contributed by atoms with Crippen LogP contribution in [0.2, 0.25) is 0 Å². The fourth-order valence-electron chi connectivity index (χ4n) is 1.23.